The highest BCUT2D eigenvalue weighted by molar-refractivity contribution is 7.98. The van der Waals surface area contributed by atoms with Crippen molar-refractivity contribution in [3.63, 3.8) is 0 Å². The molecule has 0 aliphatic heterocycles. The molecule has 0 saturated carbocycles. The summed E-state index contributed by atoms with van der Waals surface area (Å²) in [6.45, 7) is 3.94. The van der Waals surface area contributed by atoms with Crippen LogP contribution >= 0.6 is 11.8 Å². The van der Waals surface area contributed by atoms with Gasteiger partial charge in [-0.15, -0.1) is 0 Å². The van der Waals surface area contributed by atoms with Gasteiger partial charge in [-0.1, -0.05) is 20.3 Å². The molecule has 6 unspecified atom stereocenters. The molecule has 0 spiro atoms. The first-order chi connectivity index (χ1) is 14.0. The Labute approximate surface area is 180 Å². The van der Waals surface area contributed by atoms with E-state index in [-0.39, 0.29) is 0 Å². The van der Waals surface area contributed by atoms with E-state index in [0.29, 0.717) is 18.6 Å². The lowest BCUT2D eigenvalue weighted by atomic mass is 9.97. The summed E-state index contributed by atoms with van der Waals surface area (Å²) in [5.74, 6) is -3.39. The molecule has 0 aliphatic rings. The number of aliphatic carboxylic acids is 1. The summed E-state index contributed by atoms with van der Waals surface area (Å²) in [4.78, 5) is 48.5. The molecule has 12 heteroatoms. The summed E-state index contributed by atoms with van der Waals surface area (Å²) in [5.41, 5.74) is 5.79. The van der Waals surface area contributed by atoms with E-state index in [1.165, 1.54) is 18.7 Å². The Balaban J connectivity index is 5.34. The van der Waals surface area contributed by atoms with Crippen molar-refractivity contribution in [2.75, 3.05) is 18.6 Å². The Kier molecular flexibility index (Phi) is 13.3. The number of hydrogen-bond donors (Lipinski definition) is 7. The Bertz CT molecular complexity index is 591. The van der Waals surface area contributed by atoms with Gasteiger partial charge in [-0.25, -0.2) is 4.79 Å². The van der Waals surface area contributed by atoms with E-state index in [0.717, 1.165) is 0 Å². The molecule has 174 valence electrons. The summed E-state index contributed by atoms with van der Waals surface area (Å²) in [7, 11) is 0. The highest BCUT2D eigenvalue weighted by Gasteiger charge is 2.34. The Morgan fingerprint density at radius 1 is 1.00 bits per heavy atom. The average molecular weight is 451 g/mol. The van der Waals surface area contributed by atoms with Crippen LogP contribution in [0.2, 0.25) is 0 Å². The molecular weight excluding hydrogens is 416 g/mol. The first-order valence-corrected chi connectivity index (χ1v) is 11.1. The fourth-order valence-corrected chi connectivity index (χ4v) is 2.92. The second-order valence-electron chi connectivity index (χ2n) is 7.07. The number of carbonyl (C=O) groups excluding carboxylic acids is 3. The maximum atomic E-state index is 12.7. The molecule has 0 aromatic rings. The molecule has 0 radical (unpaired) electrons. The van der Waals surface area contributed by atoms with E-state index >= 15 is 0 Å². The van der Waals surface area contributed by atoms with Crippen LogP contribution in [0.4, 0.5) is 0 Å². The second-order valence-corrected chi connectivity index (χ2v) is 8.05. The normalized spacial score (nSPS) is 17.0. The molecule has 0 rings (SSSR count). The molecule has 0 heterocycles. The molecule has 30 heavy (non-hydrogen) atoms. The zero-order valence-corrected chi connectivity index (χ0v) is 18.6. The van der Waals surface area contributed by atoms with Gasteiger partial charge in [-0.05, 0) is 31.3 Å². The number of aliphatic hydroxyl groups excluding tert-OH is 2. The van der Waals surface area contributed by atoms with E-state index in [1.54, 1.807) is 13.8 Å². The minimum absolute atomic E-state index is 0.386. The van der Waals surface area contributed by atoms with E-state index in [4.69, 9.17) is 15.9 Å². The van der Waals surface area contributed by atoms with Crippen LogP contribution in [0, 0.1) is 5.92 Å². The van der Waals surface area contributed by atoms with Crippen LogP contribution in [0.5, 0.6) is 0 Å². The van der Waals surface area contributed by atoms with Crippen LogP contribution in [0.3, 0.4) is 0 Å². The highest BCUT2D eigenvalue weighted by atomic mass is 32.2. The first-order valence-electron chi connectivity index (χ1n) is 9.67. The van der Waals surface area contributed by atoms with E-state index < -0.39 is 66.5 Å². The Hall–Kier alpha value is -1.89. The zero-order chi connectivity index (χ0) is 23.4. The third-order valence-electron chi connectivity index (χ3n) is 4.62. The van der Waals surface area contributed by atoms with Gasteiger partial charge in [0, 0.05) is 0 Å². The average Bonchev–Trinajstić information content (AvgIpc) is 2.70. The predicted octanol–water partition coefficient (Wildman–Crippen LogP) is -1.97. The van der Waals surface area contributed by atoms with Crippen molar-refractivity contribution in [1.29, 1.82) is 0 Å². The summed E-state index contributed by atoms with van der Waals surface area (Å²) in [5, 5.41) is 35.1. The van der Waals surface area contributed by atoms with Gasteiger partial charge >= 0.3 is 5.97 Å². The lowest BCUT2D eigenvalue weighted by Crippen LogP contribution is -2.61. The van der Waals surface area contributed by atoms with E-state index in [2.05, 4.69) is 16.0 Å². The molecule has 0 saturated heterocycles. The van der Waals surface area contributed by atoms with Crippen molar-refractivity contribution in [2.24, 2.45) is 11.7 Å². The topological polar surface area (TPSA) is 191 Å². The van der Waals surface area contributed by atoms with Crippen molar-refractivity contribution in [3.8, 4) is 0 Å². The van der Waals surface area contributed by atoms with E-state index in [1.807, 2.05) is 6.26 Å². The second kappa shape index (κ2) is 14.2. The van der Waals surface area contributed by atoms with Crippen LogP contribution in [0.15, 0.2) is 0 Å². The first kappa shape index (κ1) is 28.1. The number of hydrogen-bond acceptors (Lipinski definition) is 8. The van der Waals surface area contributed by atoms with Gasteiger partial charge in [0.25, 0.3) is 0 Å². The molecule has 11 nitrogen and oxygen atoms in total. The maximum absolute atomic E-state index is 12.7. The monoisotopic (exact) mass is 450 g/mol. The van der Waals surface area contributed by atoms with Gasteiger partial charge in [0.1, 0.15) is 18.1 Å². The molecule has 3 amide bonds. The van der Waals surface area contributed by atoms with Crippen molar-refractivity contribution >= 4 is 35.5 Å². The number of thioether (sulfide) groups is 1. The standard InChI is InChI=1S/C18H34N4O7S/c1-5-9(2)13(16(26)20-12(8-23)18(28)29)21-17(27)14(10(3)24)22-15(25)11(19)6-7-30-4/h9-14,23-24H,5-8,19H2,1-4H3,(H,20,26)(H,21,27)(H,22,25)(H,28,29). The van der Waals surface area contributed by atoms with Gasteiger partial charge in [0.2, 0.25) is 17.7 Å². The summed E-state index contributed by atoms with van der Waals surface area (Å²) in [6.07, 6.45) is 1.45. The molecule has 8 N–H and O–H groups in total. The van der Waals surface area contributed by atoms with Crippen molar-refractivity contribution < 1.29 is 34.5 Å². The SMILES string of the molecule is CCC(C)C(NC(=O)C(NC(=O)C(N)CCSC)C(C)O)C(=O)NC(CO)C(=O)O. The van der Waals surface area contributed by atoms with Crippen LogP contribution < -0.4 is 21.7 Å². The number of carboxylic acids is 1. The number of nitrogens with one attached hydrogen (secondary N) is 3. The lowest BCUT2D eigenvalue weighted by molar-refractivity contribution is -0.143. The lowest BCUT2D eigenvalue weighted by Gasteiger charge is -2.28. The zero-order valence-electron chi connectivity index (χ0n) is 17.8. The fourth-order valence-electron chi connectivity index (χ4n) is 2.43. The minimum atomic E-state index is -1.53. The Morgan fingerprint density at radius 3 is 1.97 bits per heavy atom. The number of aliphatic hydroxyl groups is 2. The fraction of sp³-hybridized carbons (Fsp3) is 0.778. The van der Waals surface area contributed by atoms with Crippen LogP contribution in [-0.2, 0) is 19.2 Å². The molecule has 0 fully saturated rings. The summed E-state index contributed by atoms with van der Waals surface area (Å²) in [6, 6.07) is -4.88. The smallest absolute Gasteiger partial charge is 0.328 e. The van der Waals surface area contributed by atoms with Crippen LogP contribution in [0.1, 0.15) is 33.6 Å². The number of nitrogens with two attached hydrogens (primary N) is 1. The molecule has 0 aliphatic carbocycles. The summed E-state index contributed by atoms with van der Waals surface area (Å²) >= 11 is 1.51. The van der Waals surface area contributed by atoms with Crippen molar-refractivity contribution in [2.45, 2.75) is 63.9 Å². The molecular formula is C18H34N4O7S. The number of amides is 3. The van der Waals surface area contributed by atoms with E-state index in [9.17, 15) is 24.3 Å². The van der Waals surface area contributed by atoms with Gasteiger partial charge in [-0.2, -0.15) is 11.8 Å². The van der Waals surface area contributed by atoms with Crippen LogP contribution in [-0.4, -0.2) is 87.9 Å². The summed E-state index contributed by atoms with van der Waals surface area (Å²) < 4.78 is 0. The van der Waals surface area contributed by atoms with Gasteiger partial charge in [-0.3, -0.25) is 14.4 Å². The van der Waals surface area contributed by atoms with Gasteiger partial charge < -0.3 is 37.0 Å². The maximum Gasteiger partial charge on any atom is 0.328 e. The molecule has 6 atom stereocenters. The van der Waals surface area contributed by atoms with Crippen molar-refractivity contribution in [1.82, 2.24) is 16.0 Å². The van der Waals surface area contributed by atoms with Crippen molar-refractivity contribution in [3.05, 3.63) is 0 Å². The molecule has 0 aromatic heterocycles. The van der Waals surface area contributed by atoms with Crippen LogP contribution in [0.25, 0.3) is 0 Å². The number of carbonyl (C=O) groups is 4. The number of carboxylic acid groups (broad SMARTS) is 1. The highest BCUT2D eigenvalue weighted by Crippen LogP contribution is 2.10. The predicted molar refractivity (Wildman–Crippen MR) is 113 cm³/mol. The third kappa shape index (κ3) is 9.28. The Morgan fingerprint density at radius 2 is 1.53 bits per heavy atom. The quantitative estimate of drug-likeness (QED) is 0.157. The molecule has 0 aromatic carbocycles. The molecule has 0 bridgehead atoms. The van der Waals surface area contributed by atoms with Gasteiger partial charge in [0.15, 0.2) is 0 Å². The largest absolute Gasteiger partial charge is 0.480 e. The minimum Gasteiger partial charge on any atom is -0.480 e. The third-order valence-corrected chi connectivity index (χ3v) is 5.27. The van der Waals surface area contributed by atoms with Gasteiger partial charge in [0.05, 0.1) is 18.8 Å². The number of rotatable bonds is 14.